The smallest absolute Gasteiger partial charge is 0.0935 e. The number of aryl methyl sites for hydroxylation is 1. The SMILES string of the molecule is Cn1cc(CC(NN)c2cccc3nccnc23)nn1. The molecule has 20 heavy (non-hydrogen) atoms. The maximum atomic E-state index is 5.70. The Morgan fingerprint density at radius 2 is 2.15 bits per heavy atom. The van der Waals surface area contributed by atoms with E-state index in [2.05, 4.69) is 25.7 Å². The molecule has 0 saturated carbocycles. The van der Waals surface area contributed by atoms with Crippen LogP contribution in [0.25, 0.3) is 11.0 Å². The van der Waals surface area contributed by atoms with Crippen LogP contribution in [0, 0.1) is 0 Å². The van der Waals surface area contributed by atoms with Crippen molar-refractivity contribution in [1.29, 1.82) is 0 Å². The summed E-state index contributed by atoms with van der Waals surface area (Å²) < 4.78 is 1.67. The number of para-hydroxylation sites is 1. The molecule has 0 spiro atoms. The highest BCUT2D eigenvalue weighted by atomic mass is 15.4. The van der Waals surface area contributed by atoms with E-state index in [1.54, 1.807) is 17.1 Å². The Morgan fingerprint density at radius 3 is 2.90 bits per heavy atom. The molecule has 2 aromatic heterocycles. The fourth-order valence-electron chi connectivity index (χ4n) is 2.25. The lowest BCUT2D eigenvalue weighted by atomic mass is 10.0. The summed E-state index contributed by atoms with van der Waals surface area (Å²) in [5.41, 5.74) is 6.40. The first-order valence-electron chi connectivity index (χ1n) is 6.29. The molecule has 1 atom stereocenters. The summed E-state index contributed by atoms with van der Waals surface area (Å²) in [5.74, 6) is 5.70. The predicted molar refractivity (Wildman–Crippen MR) is 74.3 cm³/mol. The monoisotopic (exact) mass is 269 g/mol. The zero-order valence-electron chi connectivity index (χ0n) is 11.1. The average molecular weight is 269 g/mol. The second-order valence-electron chi connectivity index (χ2n) is 4.58. The fraction of sp³-hybridized carbons (Fsp3) is 0.231. The van der Waals surface area contributed by atoms with E-state index in [1.165, 1.54) is 0 Å². The Hall–Kier alpha value is -2.38. The molecule has 0 fully saturated rings. The third-order valence-corrected chi connectivity index (χ3v) is 3.17. The number of rotatable bonds is 4. The molecule has 3 N–H and O–H groups in total. The summed E-state index contributed by atoms with van der Waals surface area (Å²) in [6, 6.07) is 5.79. The highest BCUT2D eigenvalue weighted by Gasteiger charge is 2.16. The van der Waals surface area contributed by atoms with E-state index in [-0.39, 0.29) is 6.04 Å². The van der Waals surface area contributed by atoms with Gasteiger partial charge in [-0.2, -0.15) is 0 Å². The van der Waals surface area contributed by atoms with Crippen LogP contribution in [-0.4, -0.2) is 25.0 Å². The Bertz CT molecular complexity index is 716. The van der Waals surface area contributed by atoms with E-state index in [0.29, 0.717) is 6.42 Å². The number of fused-ring (bicyclic) bond motifs is 1. The van der Waals surface area contributed by atoms with E-state index in [0.717, 1.165) is 22.3 Å². The predicted octanol–water partition coefficient (Wildman–Crippen LogP) is 0.505. The number of aromatic nitrogens is 5. The van der Waals surface area contributed by atoms with Crippen molar-refractivity contribution in [2.24, 2.45) is 12.9 Å². The fourth-order valence-corrected chi connectivity index (χ4v) is 2.25. The van der Waals surface area contributed by atoms with E-state index in [4.69, 9.17) is 5.84 Å². The standard InChI is InChI=1S/C13H15N7/c1-20-8-9(18-19-20)7-12(17-14)10-3-2-4-11-13(10)16-6-5-15-11/h2-6,8,12,17H,7,14H2,1H3. The number of hydrazine groups is 1. The third-order valence-electron chi connectivity index (χ3n) is 3.17. The van der Waals surface area contributed by atoms with Crippen LogP contribution >= 0.6 is 0 Å². The summed E-state index contributed by atoms with van der Waals surface area (Å²) in [4.78, 5) is 8.70. The molecule has 0 amide bonds. The van der Waals surface area contributed by atoms with Crippen LogP contribution in [0.2, 0.25) is 0 Å². The lowest BCUT2D eigenvalue weighted by Gasteiger charge is -2.16. The molecule has 1 unspecified atom stereocenters. The number of hydrogen-bond acceptors (Lipinski definition) is 6. The molecule has 3 aromatic rings. The number of nitrogens with one attached hydrogen (secondary N) is 1. The summed E-state index contributed by atoms with van der Waals surface area (Å²) >= 11 is 0. The van der Waals surface area contributed by atoms with Gasteiger partial charge in [-0.1, -0.05) is 17.3 Å². The van der Waals surface area contributed by atoms with Crippen molar-refractivity contribution in [3.8, 4) is 0 Å². The zero-order valence-corrected chi connectivity index (χ0v) is 11.1. The summed E-state index contributed by atoms with van der Waals surface area (Å²) in [5, 5.41) is 8.02. The first-order valence-corrected chi connectivity index (χ1v) is 6.29. The van der Waals surface area contributed by atoms with Crippen LogP contribution in [-0.2, 0) is 13.5 Å². The van der Waals surface area contributed by atoms with Gasteiger partial charge in [-0.15, -0.1) is 5.10 Å². The summed E-state index contributed by atoms with van der Waals surface area (Å²) in [7, 11) is 1.84. The van der Waals surface area contributed by atoms with Crippen molar-refractivity contribution >= 4 is 11.0 Å². The largest absolute Gasteiger partial charge is 0.271 e. The maximum absolute atomic E-state index is 5.70. The Balaban J connectivity index is 1.98. The van der Waals surface area contributed by atoms with Crippen molar-refractivity contribution in [3.63, 3.8) is 0 Å². The van der Waals surface area contributed by atoms with Crippen LogP contribution in [0.15, 0.2) is 36.8 Å². The molecule has 0 bridgehead atoms. The molecular formula is C13H15N7. The molecule has 7 heteroatoms. The van der Waals surface area contributed by atoms with Gasteiger partial charge < -0.3 is 0 Å². The van der Waals surface area contributed by atoms with Crippen molar-refractivity contribution in [2.75, 3.05) is 0 Å². The molecule has 0 aliphatic heterocycles. The molecule has 7 nitrogen and oxygen atoms in total. The van der Waals surface area contributed by atoms with Gasteiger partial charge in [0.1, 0.15) is 0 Å². The van der Waals surface area contributed by atoms with Crippen LogP contribution in [0.1, 0.15) is 17.3 Å². The van der Waals surface area contributed by atoms with Gasteiger partial charge in [-0.05, 0) is 11.6 Å². The Morgan fingerprint density at radius 1 is 1.30 bits per heavy atom. The Labute approximate surface area is 115 Å². The van der Waals surface area contributed by atoms with E-state index in [1.807, 2.05) is 31.4 Å². The van der Waals surface area contributed by atoms with Gasteiger partial charge in [0.15, 0.2) is 0 Å². The highest BCUT2D eigenvalue weighted by molar-refractivity contribution is 5.78. The van der Waals surface area contributed by atoms with Gasteiger partial charge in [0.25, 0.3) is 0 Å². The normalized spacial score (nSPS) is 12.7. The Kier molecular flexibility index (Phi) is 3.36. The molecule has 0 radical (unpaired) electrons. The van der Waals surface area contributed by atoms with Crippen LogP contribution in [0.4, 0.5) is 0 Å². The zero-order chi connectivity index (χ0) is 13.9. The van der Waals surface area contributed by atoms with E-state index < -0.39 is 0 Å². The first-order chi connectivity index (χ1) is 9.78. The minimum Gasteiger partial charge on any atom is -0.271 e. The number of benzene rings is 1. The summed E-state index contributed by atoms with van der Waals surface area (Å²) in [6.45, 7) is 0. The van der Waals surface area contributed by atoms with Gasteiger partial charge in [0, 0.05) is 32.1 Å². The topological polar surface area (TPSA) is 94.5 Å². The van der Waals surface area contributed by atoms with E-state index in [9.17, 15) is 0 Å². The molecular weight excluding hydrogens is 254 g/mol. The van der Waals surface area contributed by atoms with Gasteiger partial charge >= 0.3 is 0 Å². The van der Waals surface area contributed by atoms with Crippen molar-refractivity contribution in [3.05, 3.63) is 48.0 Å². The molecule has 3 rings (SSSR count). The van der Waals surface area contributed by atoms with E-state index >= 15 is 0 Å². The van der Waals surface area contributed by atoms with Crippen LogP contribution < -0.4 is 11.3 Å². The van der Waals surface area contributed by atoms with Crippen molar-refractivity contribution < 1.29 is 0 Å². The molecule has 1 aromatic carbocycles. The van der Waals surface area contributed by atoms with Crippen molar-refractivity contribution in [1.82, 2.24) is 30.4 Å². The van der Waals surface area contributed by atoms with Crippen LogP contribution in [0.3, 0.4) is 0 Å². The summed E-state index contributed by atoms with van der Waals surface area (Å²) in [6.07, 6.45) is 5.88. The number of hydrogen-bond donors (Lipinski definition) is 2. The minimum atomic E-state index is -0.0906. The lowest BCUT2D eigenvalue weighted by molar-refractivity contribution is 0.548. The second kappa shape index (κ2) is 5.32. The average Bonchev–Trinajstić information content (AvgIpc) is 2.89. The van der Waals surface area contributed by atoms with Gasteiger partial charge in [0.2, 0.25) is 0 Å². The van der Waals surface area contributed by atoms with Crippen LogP contribution in [0.5, 0.6) is 0 Å². The number of nitrogens with zero attached hydrogens (tertiary/aromatic N) is 5. The van der Waals surface area contributed by atoms with Gasteiger partial charge in [-0.25, -0.2) is 0 Å². The third kappa shape index (κ3) is 2.36. The minimum absolute atomic E-state index is 0.0906. The van der Waals surface area contributed by atoms with Gasteiger partial charge in [0.05, 0.1) is 22.8 Å². The van der Waals surface area contributed by atoms with Crippen molar-refractivity contribution in [2.45, 2.75) is 12.5 Å². The molecule has 102 valence electrons. The first kappa shape index (κ1) is 12.6. The maximum Gasteiger partial charge on any atom is 0.0935 e. The lowest BCUT2D eigenvalue weighted by Crippen LogP contribution is -2.30. The highest BCUT2D eigenvalue weighted by Crippen LogP contribution is 2.23. The molecule has 2 heterocycles. The molecule has 0 saturated heterocycles. The molecule has 0 aliphatic carbocycles. The second-order valence-corrected chi connectivity index (χ2v) is 4.58. The quantitative estimate of drug-likeness (QED) is 0.529. The number of nitrogens with two attached hydrogens (primary N) is 1. The van der Waals surface area contributed by atoms with Gasteiger partial charge in [-0.3, -0.25) is 25.9 Å². The molecule has 0 aliphatic rings.